The summed E-state index contributed by atoms with van der Waals surface area (Å²) in [6.07, 6.45) is 11.9. The second kappa shape index (κ2) is 4.25. The zero-order valence-electron chi connectivity index (χ0n) is 12.8. The van der Waals surface area contributed by atoms with E-state index in [0.29, 0.717) is 11.5 Å². The molecule has 0 spiro atoms. The Morgan fingerprint density at radius 1 is 1.20 bits per heavy atom. The van der Waals surface area contributed by atoms with Gasteiger partial charge in [0.05, 0.1) is 12.0 Å². The molecule has 1 heterocycles. The number of nitrogen functional groups attached to an aromatic ring is 1. The Morgan fingerprint density at radius 2 is 1.75 bits per heavy atom. The number of rotatable bonds is 3. The molecule has 4 fully saturated rings. The van der Waals surface area contributed by atoms with Crippen molar-refractivity contribution >= 4 is 5.82 Å². The minimum absolute atomic E-state index is 0.410. The van der Waals surface area contributed by atoms with Gasteiger partial charge in [0.2, 0.25) is 0 Å². The van der Waals surface area contributed by atoms with Gasteiger partial charge in [-0.1, -0.05) is 0 Å². The quantitative estimate of drug-likeness (QED) is 0.910. The van der Waals surface area contributed by atoms with E-state index in [-0.39, 0.29) is 0 Å². The van der Waals surface area contributed by atoms with Gasteiger partial charge in [-0.15, -0.1) is 0 Å². The van der Waals surface area contributed by atoms with E-state index in [0.717, 1.165) is 30.0 Å². The molecule has 4 saturated carbocycles. The predicted octanol–water partition coefficient (Wildman–Crippen LogP) is 3.81. The van der Waals surface area contributed by atoms with E-state index in [9.17, 15) is 0 Å². The molecule has 20 heavy (non-hydrogen) atoms. The first-order chi connectivity index (χ1) is 9.55. The maximum Gasteiger partial charge on any atom is 0.126 e. The van der Waals surface area contributed by atoms with Gasteiger partial charge in [-0.25, -0.2) is 4.98 Å². The van der Waals surface area contributed by atoms with Gasteiger partial charge in [0.1, 0.15) is 5.82 Å². The number of aromatic nitrogens is 2. The standard InChI is InChI=1S/C17H27N3/c1-11(2)20-10-19-15(16(20)18)9-17-6-12-3-13(7-17)5-14(4-12)8-17/h10-14H,3-9,18H2,1-2H3. The molecule has 1 aromatic rings. The van der Waals surface area contributed by atoms with Crippen LogP contribution in [0, 0.1) is 23.2 Å². The molecule has 4 aliphatic carbocycles. The summed E-state index contributed by atoms with van der Waals surface area (Å²) < 4.78 is 2.12. The van der Waals surface area contributed by atoms with E-state index in [2.05, 4.69) is 23.4 Å². The van der Waals surface area contributed by atoms with Crippen molar-refractivity contribution in [2.45, 2.75) is 64.8 Å². The Hall–Kier alpha value is -0.990. The SMILES string of the molecule is CC(C)n1cnc(CC23CC4CC(CC(C4)C2)C3)c1N. The lowest BCUT2D eigenvalue weighted by atomic mass is 9.48. The molecule has 2 N–H and O–H groups in total. The molecule has 3 heteroatoms. The van der Waals surface area contributed by atoms with Crippen LogP contribution in [0.2, 0.25) is 0 Å². The average Bonchev–Trinajstić information content (AvgIpc) is 2.68. The topological polar surface area (TPSA) is 43.8 Å². The van der Waals surface area contributed by atoms with Gasteiger partial charge in [0, 0.05) is 6.04 Å². The first kappa shape index (κ1) is 12.7. The molecule has 4 bridgehead atoms. The van der Waals surface area contributed by atoms with Crippen molar-refractivity contribution in [2.75, 3.05) is 5.73 Å². The van der Waals surface area contributed by atoms with Crippen LogP contribution in [0.1, 0.15) is 64.1 Å². The van der Waals surface area contributed by atoms with Crippen LogP contribution in [0.4, 0.5) is 5.82 Å². The fraction of sp³-hybridized carbons (Fsp3) is 0.824. The summed E-state index contributed by atoms with van der Waals surface area (Å²) in [6, 6.07) is 0.410. The van der Waals surface area contributed by atoms with Crippen molar-refractivity contribution in [3.63, 3.8) is 0 Å². The monoisotopic (exact) mass is 273 g/mol. The molecule has 0 radical (unpaired) electrons. The van der Waals surface area contributed by atoms with Crippen molar-refractivity contribution in [3.8, 4) is 0 Å². The number of hydrogen-bond donors (Lipinski definition) is 1. The van der Waals surface area contributed by atoms with Gasteiger partial charge in [0.25, 0.3) is 0 Å². The molecule has 0 aliphatic heterocycles. The van der Waals surface area contributed by atoms with Gasteiger partial charge in [0.15, 0.2) is 0 Å². The summed E-state index contributed by atoms with van der Waals surface area (Å²) in [5.41, 5.74) is 8.04. The Labute approximate surface area is 122 Å². The highest BCUT2D eigenvalue weighted by Crippen LogP contribution is 2.61. The summed E-state index contributed by atoms with van der Waals surface area (Å²) in [7, 11) is 0. The molecule has 0 saturated heterocycles. The van der Waals surface area contributed by atoms with Gasteiger partial charge in [-0.05, 0) is 82.0 Å². The molecular formula is C17H27N3. The minimum atomic E-state index is 0.410. The third-order valence-electron chi connectivity index (χ3n) is 6.18. The third kappa shape index (κ3) is 1.89. The number of nitrogens with two attached hydrogens (primary N) is 1. The zero-order chi connectivity index (χ0) is 13.9. The first-order valence-electron chi connectivity index (χ1n) is 8.36. The third-order valence-corrected chi connectivity index (χ3v) is 6.18. The molecule has 1 aromatic heterocycles. The van der Waals surface area contributed by atoms with Crippen molar-refractivity contribution < 1.29 is 0 Å². The Morgan fingerprint density at radius 3 is 2.20 bits per heavy atom. The molecular weight excluding hydrogens is 246 g/mol. The van der Waals surface area contributed by atoms with Gasteiger partial charge < -0.3 is 10.3 Å². The largest absolute Gasteiger partial charge is 0.384 e. The van der Waals surface area contributed by atoms with Gasteiger partial charge >= 0.3 is 0 Å². The van der Waals surface area contributed by atoms with Crippen LogP contribution in [-0.4, -0.2) is 9.55 Å². The van der Waals surface area contributed by atoms with Crippen LogP contribution in [0.25, 0.3) is 0 Å². The maximum absolute atomic E-state index is 6.33. The van der Waals surface area contributed by atoms with E-state index in [1.807, 2.05) is 6.33 Å². The molecule has 0 amide bonds. The van der Waals surface area contributed by atoms with E-state index in [4.69, 9.17) is 5.73 Å². The lowest BCUT2D eigenvalue weighted by Gasteiger charge is -2.57. The fourth-order valence-electron chi connectivity index (χ4n) is 5.82. The first-order valence-corrected chi connectivity index (χ1v) is 8.36. The minimum Gasteiger partial charge on any atom is -0.384 e. The maximum atomic E-state index is 6.33. The van der Waals surface area contributed by atoms with Crippen LogP contribution in [-0.2, 0) is 6.42 Å². The number of anilines is 1. The summed E-state index contributed by atoms with van der Waals surface area (Å²) >= 11 is 0. The van der Waals surface area contributed by atoms with E-state index < -0.39 is 0 Å². The predicted molar refractivity (Wildman–Crippen MR) is 81.3 cm³/mol. The van der Waals surface area contributed by atoms with Gasteiger partial charge in [-0.3, -0.25) is 0 Å². The lowest BCUT2D eigenvalue weighted by molar-refractivity contribution is -0.0525. The van der Waals surface area contributed by atoms with Crippen molar-refractivity contribution in [1.29, 1.82) is 0 Å². The van der Waals surface area contributed by atoms with Crippen molar-refractivity contribution in [1.82, 2.24) is 9.55 Å². The number of imidazole rings is 1. The highest BCUT2D eigenvalue weighted by atomic mass is 15.1. The molecule has 0 atom stereocenters. The molecule has 0 unspecified atom stereocenters. The summed E-state index contributed by atoms with van der Waals surface area (Å²) in [6.45, 7) is 4.35. The molecule has 5 rings (SSSR count). The van der Waals surface area contributed by atoms with Crippen LogP contribution in [0.15, 0.2) is 6.33 Å². The van der Waals surface area contributed by atoms with E-state index >= 15 is 0 Å². The Bertz CT molecular complexity index is 479. The highest BCUT2D eigenvalue weighted by Gasteiger charge is 2.51. The van der Waals surface area contributed by atoms with Crippen LogP contribution in [0.3, 0.4) is 0 Å². The Balaban J connectivity index is 1.60. The molecule has 4 aliphatic rings. The second-order valence-electron chi connectivity index (χ2n) is 8.17. The second-order valence-corrected chi connectivity index (χ2v) is 8.17. The Kier molecular flexibility index (Phi) is 2.71. The fourth-order valence-corrected chi connectivity index (χ4v) is 5.82. The van der Waals surface area contributed by atoms with E-state index in [1.54, 1.807) is 0 Å². The molecule has 3 nitrogen and oxygen atoms in total. The van der Waals surface area contributed by atoms with E-state index in [1.165, 1.54) is 44.2 Å². The van der Waals surface area contributed by atoms with Gasteiger partial charge in [-0.2, -0.15) is 0 Å². The molecule has 0 aromatic carbocycles. The van der Waals surface area contributed by atoms with Crippen molar-refractivity contribution in [2.24, 2.45) is 23.2 Å². The normalized spacial score (nSPS) is 38.9. The number of hydrogen-bond acceptors (Lipinski definition) is 2. The zero-order valence-corrected chi connectivity index (χ0v) is 12.8. The summed E-state index contributed by atoms with van der Waals surface area (Å²) in [5, 5.41) is 0. The summed E-state index contributed by atoms with van der Waals surface area (Å²) in [5.74, 6) is 3.94. The number of nitrogens with zero attached hydrogens (tertiary/aromatic N) is 2. The highest BCUT2D eigenvalue weighted by molar-refractivity contribution is 5.37. The molecule has 110 valence electrons. The smallest absolute Gasteiger partial charge is 0.126 e. The van der Waals surface area contributed by atoms with Crippen LogP contribution >= 0.6 is 0 Å². The van der Waals surface area contributed by atoms with Crippen LogP contribution in [0.5, 0.6) is 0 Å². The van der Waals surface area contributed by atoms with Crippen molar-refractivity contribution in [3.05, 3.63) is 12.0 Å². The van der Waals surface area contributed by atoms with Crippen LogP contribution < -0.4 is 5.73 Å². The average molecular weight is 273 g/mol. The summed E-state index contributed by atoms with van der Waals surface area (Å²) in [4.78, 5) is 4.65. The lowest BCUT2D eigenvalue weighted by Crippen LogP contribution is -2.47.